The predicted molar refractivity (Wildman–Crippen MR) is 66.1 cm³/mol. The van der Waals surface area contributed by atoms with Crippen LogP contribution in [0.1, 0.15) is 38.4 Å². The van der Waals surface area contributed by atoms with E-state index in [2.05, 4.69) is 16.2 Å². The Balaban J connectivity index is 2.16. The van der Waals surface area contributed by atoms with Gasteiger partial charge in [-0.25, -0.2) is 0 Å². The lowest BCUT2D eigenvalue weighted by Gasteiger charge is -2.33. The van der Waals surface area contributed by atoms with Crippen LogP contribution in [-0.2, 0) is 21.5 Å². The van der Waals surface area contributed by atoms with Crippen molar-refractivity contribution in [2.45, 2.75) is 38.7 Å². The van der Waals surface area contributed by atoms with Crippen molar-refractivity contribution in [1.29, 1.82) is 5.26 Å². The Morgan fingerprint density at radius 2 is 2.21 bits per heavy atom. The van der Waals surface area contributed by atoms with Gasteiger partial charge in [-0.3, -0.25) is 0 Å². The van der Waals surface area contributed by atoms with Gasteiger partial charge in [-0.15, -0.1) is 0 Å². The zero-order valence-corrected chi connectivity index (χ0v) is 11.4. The Kier molecular flexibility index (Phi) is 4.51. The first-order valence-electron chi connectivity index (χ1n) is 6.64. The molecule has 0 saturated carbocycles. The van der Waals surface area contributed by atoms with Gasteiger partial charge in [0, 0.05) is 39.1 Å². The van der Waals surface area contributed by atoms with Gasteiger partial charge in [0.1, 0.15) is 5.60 Å². The molecule has 0 aliphatic carbocycles. The minimum atomic E-state index is -0.495. The van der Waals surface area contributed by atoms with Crippen LogP contribution >= 0.6 is 0 Å². The van der Waals surface area contributed by atoms with E-state index in [1.54, 1.807) is 0 Å². The van der Waals surface area contributed by atoms with Crippen molar-refractivity contribution >= 4 is 0 Å². The highest BCUT2D eigenvalue weighted by atomic mass is 16.5. The van der Waals surface area contributed by atoms with Crippen LogP contribution in [0, 0.1) is 17.2 Å². The highest BCUT2D eigenvalue weighted by Gasteiger charge is 2.39. The van der Waals surface area contributed by atoms with Gasteiger partial charge >= 0.3 is 0 Å². The van der Waals surface area contributed by atoms with Crippen molar-refractivity contribution < 1.29 is 14.0 Å². The van der Waals surface area contributed by atoms with E-state index in [1.807, 2.05) is 13.8 Å². The van der Waals surface area contributed by atoms with Crippen LogP contribution in [0.3, 0.4) is 0 Å². The minimum Gasteiger partial charge on any atom is -0.381 e. The van der Waals surface area contributed by atoms with Gasteiger partial charge in [0.25, 0.3) is 0 Å². The Bertz CT molecular complexity index is 441. The van der Waals surface area contributed by atoms with Gasteiger partial charge in [-0.05, 0) is 13.8 Å². The summed E-state index contributed by atoms with van der Waals surface area (Å²) in [5.41, 5.74) is -0.495. The number of hydrogen-bond acceptors (Lipinski definition) is 6. The molecule has 1 aliphatic heterocycles. The van der Waals surface area contributed by atoms with E-state index in [-0.39, 0.29) is 5.92 Å². The number of hydrogen-bond donors (Lipinski definition) is 0. The maximum atomic E-state index is 8.81. The first kappa shape index (κ1) is 14.0. The molecule has 1 unspecified atom stereocenters. The molecular formula is C13H19N3O3. The highest BCUT2D eigenvalue weighted by Crippen LogP contribution is 2.34. The van der Waals surface area contributed by atoms with Crippen LogP contribution in [0.25, 0.3) is 0 Å². The largest absolute Gasteiger partial charge is 0.381 e. The number of nitriles is 1. The number of nitrogens with zero attached hydrogens (tertiary/aromatic N) is 3. The lowest BCUT2D eigenvalue weighted by atomic mass is 9.93. The third-order valence-corrected chi connectivity index (χ3v) is 3.30. The third-order valence-electron chi connectivity index (χ3n) is 3.30. The standard InChI is InChI=1S/C13H19N3O3/c1-3-18-13(4-6-17-7-5-13)12-15-11(19-16-12)8-10(2)9-14/h10H,3-8H2,1-2H3. The topological polar surface area (TPSA) is 81.2 Å². The van der Waals surface area contributed by atoms with Crippen molar-refractivity contribution in [2.75, 3.05) is 19.8 Å². The summed E-state index contributed by atoms with van der Waals surface area (Å²) >= 11 is 0. The smallest absolute Gasteiger partial charge is 0.228 e. The molecule has 0 radical (unpaired) electrons. The zero-order valence-electron chi connectivity index (χ0n) is 11.4. The van der Waals surface area contributed by atoms with Crippen molar-refractivity contribution in [2.24, 2.45) is 5.92 Å². The van der Waals surface area contributed by atoms with Crippen molar-refractivity contribution in [3.05, 3.63) is 11.7 Å². The molecule has 6 heteroatoms. The van der Waals surface area contributed by atoms with Gasteiger partial charge in [0.15, 0.2) is 0 Å². The van der Waals surface area contributed by atoms with Crippen LogP contribution < -0.4 is 0 Å². The third kappa shape index (κ3) is 3.11. The zero-order chi connectivity index (χ0) is 13.7. The van der Waals surface area contributed by atoms with E-state index in [1.165, 1.54) is 0 Å². The van der Waals surface area contributed by atoms with Crippen LogP contribution in [-0.4, -0.2) is 30.0 Å². The summed E-state index contributed by atoms with van der Waals surface area (Å²) in [6.45, 7) is 5.65. The number of aromatic nitrogens is 2. The molecule has 1 aromatic heterocycles. The summed E-state index contributed by atoms with van der Waals surface area (Å²) in [4.78, 5) is 4.40. The maximum Gasteiger partial charge on any atom is 0.228 e. The summed E-state index contributed by atoms with van der Waals surface area (Å²) in [5, 5.41) is 12.8. The molecule has 0 N–H and O–H groups in total. The summed E-state index contributed by atoms with van der Waals surface area (Å²) in [7, 11) is 0. The normalized spacial score (nSPS) is 19.8. The molecule has 104 valence electrons. The molecule has 0 aromatic carbocycles. The van der Waals surface area contributed by atoms with Crippen molar-refractivity contribution in [3.8, 4) is 6.07 Å². The summed E-state index contributed by atoms with van der Waals surface area (Å²) < 4.78 is 16.5. The SMILES string of the molecule is CCOC1(c2noc(CC(C)C#N)n2)CCOCC1. The van der Waals surface area contributed by atoms with Crippen LogP contribution in [0.4, 0.5) is 0 Å². The van der Waals surface area contributed by atoms with E-state index >= 15 is 0 Å². The molecule has 0 bridgehead atoms. The van der Waals surface area contributed by atoms with Crippen molar-refractivity contribution in [1.82, 2.24) is 10.1 Å². The minimum absolute atomic E-state index is 0.133. The molecule has 0 spiro atoms. The van der Waals surface area contributed by atoms with E-state index in [4.69, 9.17) is 19.3 Å². The van der Waals surface area contributed by atoms with E-state index in [0.29, 0.717) is 38.0 Å². The van der Waals surface area contributed by atoms with E-state index < -0.39 is 5.60 Å². The fraction of sp³-hybridized carbons (Fsp3) is 0.769. The van der Waals surface area contributed by atoms with Crippen LogP contribution in [0.5, 0.6) is 0 Å². The van der Waals surface area contributed by atoms with Crippen LogP contribution in [0.2, 0.25) is 0 Å². The van der Waals surface area contributed by atoms with Gasteiger partial charge < -0.3 is 14.0 Å². The van der Waals surface area contributed by atoms with E-state index in [9.17, 15) is 0 Å². The lowest BCUT2D eigenvalue weighted by molar-refractivity contribution is -0.118. The second-order valence-corrected chi connectivity index (χ2v) is 4.79. The fourth-order valence-corrected chi connectivity index (χ4v) is 2.24. The quantitative estimate of drug-likeness (QED) is 0.807. The second-order valence-electron chi connectivity index (χ2n) is 4.79. The lowest BCUT2D eigenvalue weighted by Crippen LogP contribution is -2.37. The second kappa shape index (κ2) is 6.13. The van der Waals surface area contributed by atoms with E-state index in [0.717, 1.165) is 12.8 Å². The Hall–Kier alpha value is -1.45. The first-order valence-corrected chi connectivity index (χ1v) is 6.64. The molecule has 19 heavy (non-hydrogen) atoms. The molecule has 1 saturated heterocycles. The van der Waals surface area contributed by atoms with Gasteiger partial charge in [-0.2, -0.15) is 10.2 Å². The maximum absolute atomic E-state index is 8.81. The summed E-state index contributed by atoms with van der Waals surface area (Å²) in [5.74, 6) is 0.943. The van der Waals surface area contributed by atoms with Gasteiger partial charge in [-0.1, -0.05) is 5.16 Å². The van der Waals surface area contributed by atoms with Gasteiger partial charge in [0.2, 0.25) is 11.7 Å². The van der Waals surface area contributed by atoms with Gasteiger partial charge in [0.05, 0.1) is 12.0 Å². The predicted octanol–water partition coefficient (Wildman–Crippen LogP) is 1.81. The monoisotopic (exact) mass is 265 g/mol. The first-order chi connectivity index (χ1) is 9.20. The molecule has 2 heterocycles. The number of ether oxygens (including phenoxy) is 2. The highest BCUT2D eigenvalue weighted by molar-refractivity contribution is 5.04. The molecule has 1 fully saturated rings. The average Bonchev–Trinajstić information content (AvgIpc) is 2.89. The molecular weight excluding hydrogens is 246 g/mol. The van der Waals surface area contributed by atoms with Crippen LogP contribution in [0.15, 0.2) is 4.52 Å². The Morgan fingerprint density at radius 3 is 2.84 bits per heavy atom. The number of rotatable bonds is 5. The Morgan fingerprint density at radius 1 is 1.47 bits per heavy atom. The average molecular weight is 265 g/mol. The summed E-state index contributed by atoms with van der Waals surface area (Å²) in [6.07, 6.45) is 1.93. The molecule has 1 aromatic rings. The summed E-state index contributed by atoms with van der Waals surface area (Å²) in [6, 6.07) is 2.16. The molecule has 0 amide bonds. The molecule has 2 rings (SSSR count). The molecule has 6 nitrogen and oxygen atoms in total. The fourth-order valence-electron chi connectivity index (χ4n) is 2.24. The molecule has 1 aliphatic rings. The molecule has 1 atom stereocenters. The Labute approximate surface area is 112 Å². The van der Waals surface area contributed by atoms with Crippen molar-refractivity contribution in [3.63, 3.8) is 0 Å².